The van der Waals surface area contributed by atoms with Crippen LogP contribution in [0.4, 0.5) is 5.69 Å². The molecule has 3 aromatic rings. The van der Waals surface area contributed by atoms with Gasteiger partial charge in [-0.3, -0.25) is 4.79 Å². The fourth-order valence-electron chi connectivity index (χ4n) is 2.33. The molecule has 112 valence electrons. The minimum absolute atomic E-state index is 0.226. The molecule has 0 radical (unpaired) electrons. The minimum atomic E-state index is -0.226. The molecule has 0 saturated heterocycles. The smallest absolute Gasteiger partial charge is 0.272 e. The number of benzene rings is 2. The molecule has 0 aliphatic carbocycles. The van der Waals surface area contributed by atoms with Crippen molar-refractivity contribution in [1.29, 1.82) is 0 Å². The summed E-state index contributed by atoms with van der Waals surface area (Å²) >= 11 is 5.96. The number of carbonyl (C=O) groups excluding carboxylic acids is 1. The number of halogens is 1. The summed E-state index contributed by atoms with van der Waals surface area (Å²) in [6, 6.07) is 12.9. The van der Waals surface area contributed by atoms with Crippen molar-refractivity contribution in [2.45, 2.75) is 6.92 Å². The number of hydrogen-bond donors (Lipinski definition) is 2. The number of rotatable bonds is 3. The number of nitrogens with one attached hydrogen (secondary N) is 2. The monoisotopic (exact) mass is 314 g/mol. The van der Waals surface area contributed by atoms with Crippen LogP contribution in [0, 0.1) is 6.92 Å². The number of amides is 1. The number of H-pyrrole nitrogens is 1. The third-order valence-electron chi connectivity index (χ3n) is 3.43. The van der Waals surface area contributed by atoms with E-state index < -0.39 is 0 Å². The van der Waals surface area contributed by atoms with Gasteiger partial charge in [-0.2, -0.15) is 0 Å². The average molecular weight is 315 g/mol. The van der Waals surface area contributed by atoms with Crippen LogP contribution < -0.4 is 10.1 Å². The second kappa shape index (κ2) is 5.73. The van der Waals surface area contributed by atoms with Gasteiger partial charge in [-0.1, -0.05) is 23.7 Å². The topological polar surface area (TPSA) is 54.1 Å². The van der Waals surface area contributed by atoms with Crippen LogP contribution in [0.2, 0.25) is 5.02 Å². The Morgan fingerprint density at radius 2 is 2.00 bits per heavy atom. The third-order valence-corrected chi connectivity index (χ3v) is 3.67. The highest BCUT2D eigenvalue weighted by Gasteiger charge is 2.12. The number of ether oxygens (including phenoxy) is 1. The molecule has 0 atom stereocenters. The van der Waals surface area contributed by atoms with E-state index in [4.69, 9.17) is 16.3 Å². The normalized spacial score (nSPS) is 10.7. The summed E-state index contributed by atoms with van der Waals surface area (Å²) in [6.45, 7) is 1.96. The summed E-state index contributed by atoms with van der Waals surface area (Å²) in [4.78, 5) is 15.5. The first kappa shape index (κ1) is 14.5. The fourth-order valence-corrected chi connectivity index (χ4v) is 2.50. The molecule has 2 aromatic carbocycles. The Labute approximate surface area is 133 Å². The molecule has 3 rings (SSSR count). The van der Waals surface area contributed by atoms with Crippen molar-refractivity contribution >= 4 is 34.1 Å². The fraction of sp³-hybridized carbons (Fsp3) is 0.118. The summed E-state index contributed by atoms with van der Waals surface area (Å²) in [5, 5.41) is 4.43. The zero-order valence-electron chi connectivity index (χ0n) is 12.2. The summed E-state index contributed by atoms with van der Waals surface area (Å²) in [6.07, 6.45) is 0. The molecule has 1 heterocycles. The lowest BCUT2D eigenvalue weighted by atomic mass is 10.2. The van der Waals surface area contributed by atoms with Crippen LogP contribution in [0.25, 0.3) is 10.9 Å². The average Bonchev–Trinajstić information content (AvgIpc) is 2.90. The van der Waals surface area contributed by atoms with E-state index in [1.54, 1.807) is 25.3 Å². The highest BCUT2D eigenvalue weighted by molar-refractivity contribution is 6.31. The Balaban J connectivity index is 1.91. The maximum atomic E-state index is 12.4. The van der Waals surface area contributed by atoms with Crippen LogP contribution in [0.15, 0.2) is 42.5 Å². The Bertz CT molecular complexity index is 855. The largest absolute Gasteiger partial charge is 0.495 e. The van der Waals surface area contributed by atoms with E-state index in [0.717, 1.165) is 16.5 Å². The van der Waals surface area contributed by atoms with Gasteiger partial charge >= 0.3 is 0 Å². The van der Waals surface area contributed by atoms with Crippen LogP contribution in [0.1, 0.15) is 16.1 Å². The number of aryl methyl sites for hydroxylation is 1. The number of anilines is 1. The molecule has 2 N–H and O–H groups in total. The van der Waals surface area contributed by atoms with Crippen LogP contribution >= 0.6 is 11.6 Å². The Morgan fingerprint density at radius 3 is 2.77 bits per heavy atom. The number of hydrogen-bond acceptors (Lipinski definition) is 2. The molecular formula is C17H15ClN2O2. The maximum absolute atomic E-state index is 12.4. The molecule has 0 fully saturated rings. The summed E-state index contributed by atoms with van der Waals surface area (Å²) in [5.74, 6) is 0.398. The lowest BCUT2D eigenvalue weighted by Crippen LogP contribution is -2.13. The van der Waals surface area contributed by atoms with E-state index >= 15 is 0 Å². The molecular weight excluding hydrogens is 300 g/mol. The summed E-state index contributed by atoms with van der Waals surface area (Å²) < 4.78 is 5.27. The quantitative estimate of drug-likeness (QED) is 0.753. The number of carbonyl (C=O) groups is 1. The van der Waals surface area contributed by atoms with Gasteiger partial charge in [0.1, 0.15) is 11.4 Å². The molecule has 0 bridgehead atoms. The SMILES string of the molecule is COc1ccc(C)cc1NC(=O)c1cc2ccc(Cl)cc2[nH]1. The molecule has 0 saturated carbocycles. The zero-order valence-corrected chi connectivity index (χ0v) is 13.0. The van der Waals surface area contributed by atoms with Crippen molar-refractivity contribution < 1.29 is 9.53 Å². The number of fused-ring (bicyclic) bond motifs is 1. The highest BCUT2D eigenvalue weighted by atomic mass is 35.5. The van der Waals surface area contributed by atoms with Gasteiger partial charge in [-0.05, 0) is 42.8 Å². The van der Waals surface area contributed by atoms with E-state index in [-0.39, 0.29) is 5.91 Å². The second-order valence-electron chi connectivity index (χ2n) is 5.07. The first-order chi connectivity index (χ1) is 10.6. The van der Waals surface area contributed by atoms with Gasteiger partial charge in [0.05, 0.1) is 12.8 Å². The van der Waals surface area contributed by atoms with Crippen molar-refractivity contribution in [3.8, 4) is 5.75 Å². The van der Waals surface area contributed by atoms with Gasteiger partial charge in [0.25, 0.3) is 5.91 Å². The molecule has 0 aliphatic heterocycles. The summed E-state index contributed by atoms with van der Waals surface area (Å²) in [5.41, 5.74) is 2.98. The van der Waals surface area contributed by atoms with Gasteiger partial charge in [0.15, 0.2) is 0 Å². The number of methoxy groups -OCH3 is 1. The van der Waals surface area contributed by atoms with E-state index in [1.807, 2.05) is 31.2 Å². The molecule has 22 heavy (non-hydrogen) atoms. The van der Waals surface area contributed by atoms with Crippen molar-refractivity contribution in [2.24, 2.45) is 0 Å². The number of aromatic nitrogens is 1. The molecule has 0 unspecified atom stereocenters. The van der Waals surface area contributed by atoms with Crippen LogP contribution in [-0.2, 0) is 0 Å². The van der Waals surface area contributed by atoms with Crippen LogP contribution in [0.3, 0.4) is 0 Å². The Morgan fingerprint density at radius 1 is 1.18 bits per heavy atom. The third kappa shape index (κ3) is 2.78. The van der Waals surface area contributed by atoms with Gasteiger partial charge in [0.2, 0.25) is 0 Å². The van der Waals surface area contributed by atoms with Gasteiger partial charge in [0, 0.05) is 15.9 Å². The van der Waals surface area contributed by atoms with Crippen LogP contribution in [0.5, 0.6) is 5.75 Å². The van der Waals surface area contributed by atoms with Crippen molar-refractivity contribution in [2.75, 3.05) is 12.4 Å². The van der Waals surface area contributed by atoms with Gasteiger partial charge < -0.3 is 15.0 Å². The lowest BCUT2D eigenvalue weighted by molar-refractivity contribution is 0.102. The van der Waals surface area contributed by atoms with Gasteiger partial charge in [-0.25, -0.2) is 0 Å². The standard InChI is InChI=1S/C17H15ClN2O2/c1-10-3-6-16(22-2)14(7-10)20-17(21)15-8-11-4-5-12(18)9-13(11)19-15/h3-9,19H,1-2H3,(H,20,21). The lowest BCUT2D eigenvalue weighted by Gasteiger charge is -2.10. The van der Waals surface area contributed by atoms with Crippen molar-refractivity contribution in [1.82, 2.24) is 4.98 Å². The highest BCUT2D eigenvalue weighted by Crippen LogP contribution is 2.26. The Hall–Kier alpha value is -2.46. The first-order valence-electron chi connectivity index (χ1n) is 6.81. The first-order valence-corrected chi connectivity index (χ1v) is 7.19. The van der Waals surface area contributed by atoms with Crippen molar-refractivity contribution in [3.63, 3.8) is 0 Å². The zero-order chi connectivity index (χ0) is 15.7. The number of aromatic amines is 1. The van der Waals surface area contributed by atoms with E-state index in [0.29, 0.717) is 22.2 Å². The maximum Gasteiger partial charge on any atom is 0.272 e. The van der Waals surface area contributed by atoms with Gasteiger partial charge in [-0.15, -0.1) is 0 Å². The molecule has 0 aliphatic rings. The molecule has 1 amide bonds. The molecule has 4 nitrogen and oxygen atoms in total. The Kier molecular flexibility index (Phi) is 3.77. The predicted molar refractivity (Wildman–Crippen MR) is 89.0 cm³/mol. The van der Waals surface area contributed by atoms with E-state index in [1.165, 1.54) is 0 Å². The van der Waals surface area contributed by atoms with Crippen LogP contribution in [-0.4, -0.2) is 18.0 Å². The second-order valence-corrected chi connectivity index (χ2v) is 5.51. The van der Waals surface area contributed by atoms with Crippen molar-refractivity contribution in [3.05, 3.63) is 58.7 Å². The molecule has 1 aromatic heterocycles. The summed E-state index contributed by atoms with van der Waals surface area (Å²) in [7, 11) is 1.57. The molecule has 5 heteroatoms. The predicted octanol–water partition coefficient (Wildman–Crippen LogP) is 4.39. The van der Waals surface area contributed by atoms with E-state index in [2.05, 4.69) is 10.3 Å². The molecule has 0 spiro atoms. The minimum Gasteiger partial charge on any atom is -0.495 e. The van der Waals surface area contributed by atoms with E-state index in [9.17, 15) is 4.79 Å².